The summed E-state index contributed by atoms with van der Waals surface area (Å²) < 4.78 is 0. The molecule has 0 saturated heterocycles. The first kappa shape index (κ1) is 70.4. The third-order valence-electron chi connectivity index (χ3n) is 18.2. The van der Waals surface area contributed by atoms with Gasteiger partial charge >= 0.3 is 0 Å². The van der Waals surface area contributed by atoms with Crippen molar-refractivity contribution in [2.24, 2.45) is 5.41 Å². The molecule has 2 atom stereocenters. The molecule has 2 unspecified atom stereocenters. The first-order valence-corrected chi connectivity index (χ1v) is 35.8. The Labute approximate surface area is 505 Å². The zero-order chi connectivity index (χ0) is 57.2. The van der Waals surface area contributed by atoms with Crippen LogP contribution in [-0.4, -0.2) is 0 Å². The molecule has 81 heavy (non-hydrogen) atoms. The molecule has 0 aromatic heterocycles. The van der Waals surface area contributed by atoms with Gasteiger partial charge in [0.05, 0.1) is 0 Å². The van der Waals surface area contributed by atoms with Crippen LogP contribution in [0.25, 0.3) is 0 Å². The first-order valence-electron chi connectivity index (χ1n) is 35.8. The number of benzene rings is 4. The molecular formula is C81H127. The fourth-order valence-corrected chi connectivity index (χ4v) is 13.4. The Hall–Kier alpha value is -3.12. The van der Waals surface area contributed by atoms with E-state index >= 15 is 0 Å². The highest BCUT2D eigenvalue weighted by Crippen LogP contribution is 2.62. The van der Waals surface area contributed by atoms with E-state index in [9.17, 15) is 0 Å². The van der Waals surface area contributed by atoms with Gasteiger partial charge in [0.2, 0.25) is 0 Å². The fraction of sp³-hybridized carbons (Fsp3) is 0.654. The maximum absolute atomic E-state index is 4.97. The minimum absolute atomic E-state index is 0.198. The SMILES string of the molecule is CCCCCCCCCCCCC[C](CCCCCCCCCCCCC)C([C]C(CCCCCCCCCCCC)c1ccccc1)([C](CCCCCCCCCCCCC)c1ccccc1)[C](c1ccccc1)c1ccccc1. The molecule has 0 bridgehead atoms. The van der Waals surface area contributed by atoms with Crippen molar-refractivity contribution in [2.45, 2.75) is 335 Å². The molecule has 0 heterocycles. The van der Waals surface area contributed by atoms with Crippen LogP contribution < -0.4 is 0 Å². The van der Waals surface area contributed by atoms with Gasteiger partial charge in [-0.25, -0.2) is 0 Å². The van der Waals surface area contributed by atoms with Crippen molar-refractivity contribution in [2.75, 3.05) is 0 Å². The molecule has 0 saturated carbocycles. The molecular weight excluding hydrogens is 973 g/mol. The van der Waals surface area contributed by atoms with Crippen LogP contribution >= 0.6 is 0 Å². The van der Waals surface area contributed by atoms with Gasteiger partial charge in [-0.3, -0.25) is 0 Å². The van der Waals surface area contributed by atoms with Gasteiger partial charge in [-0.15, -0.1) is 0 Å². The van der Waals surface area contributed by atoms with Crippen LogP contribution in [0, 0.1) is 29.6 Å². The minimum Gasteiger partial charge on any atom is -0.0654 e. The molecule has 5 radical (unpaired) electrons. The van der Waals surface area contributed by atoms with Crippen LogP contribution in [0.2, 0.25) is 0 Å². The number of hydrogen-bond donors (Lipinski definition) is 0. The number of unbranched alkanes of at least 4 members (excludes halogenated alkanes) is 39. The van der Waals surface area contributed by atoms with E-state index in [0.717, 1.165) is 12.8 Å². The van der Waals surface area contributed by atoms with Crippen molar-refractivity contribution in [3.63, 3.8) is 0 Å². The largest absolute Gasteiger partial charge is 0.0654 e. The molecule has 0 aliphatic rings. The van der Waals surface area contributed by atoms with E-state index in [1.807, 2.05) is 0 Å². The normalized spacial score (nSPS) is 13.0. The lowest BCUT2D eigenvalue weighted by atomic mass is 9.49. The number of rotatable bonds is 56. The third kappa shape index (κ3) is 30.5. The van der Waals surface area contributed by atoms with E-state index in [2.05, 4.69) is 149 Å². The van der Waals surface area contributed by atoms with Crippen molar-refractivity contribution in [3.8, 4) is 0 Å². The molecule has 4 aromatic rings. The second kappa shape index (κ2) is 49.2. The Bertz CT molecular complexity index is 1830. The highest BCUT2D eigenvalue weighted by molar-refractivity contribution is 5.60. The summed E-state index contributed by atoms with van der Waals surface area (Å²) in [6.07, 6.45) is 68.4. The molecule has 0 fully saturated rings. The predicted octanol–water partition coefficient (Wildman–Crippen LogP) is 27.1. The highest BCUT2D eigenvalue weighted by Gasteiger charge is 2.54. The highest BCUT2D eigenvalue weighted by atomic mass is 14.6. The van der Waals surface area contributed by atoms with Crippen molar-refractivity contribution in [1.82, 2.24) is 0 Å². The Morgan fingerprint density at radius 1 is 0.284 bits per heavy atom. The van der Waals surface area contributed by atoms with Crippen LogP contribution in [0.15, 0.2) is 121 Å². The van der Waals surface area contributed by atoms with E-state index in [1.54, 1.807) is 11.8 Å². The molecule has 451 valence electrons. The van der Waals surface area contributed by atoms with Gasteiger partial charge in [-0.2, -0.15) is 0 Å². The van der Waals surface area contributed by atoms with Gasteiger partial charge in [0.25, 0.3) is 0 Å². The third-order valence-corrected chi connectivity index (χ3v) is 18.2. The first-order chi connectivity index (χ1) is 40.2. The molecule has 0 aliphatic carbocycles. The summed E-state index contributed by atoms with van der Waals surface area (Å²) >= 11 is 0. The molecule has 0 nitrogen and oxygen atoms in total. The fourth-order valence-electron chi connectivity index (χ4n) is 13.4. The van der Waals surface area contributed by atoms with Crippen LogP contribution in [0.5, 0.6) is 0 Å². The average Bonchev–Trinajstić information content (AvgIpc) is 3.60. The average molecular weight is 1100 g/mol. The molecule has 0 N–H and O–H groups in total. The summed E-state index contributed by atoms with van der Waals surface area (Å²) in [7, 11) is 0. The van der Waals surface area contributed by atoms with E-state index in [0.29, 0.717) is 0 Å². The molecule has 4 aromatic carbocycles. The lowest BCUT2D eigenvalue weighted by Gasteiger charge is -2.53. The van der Waals surface area contributed by atoms with E-state index in [4.69, 9.17) is 6.42 Å². The van der Waals surface area contributed by atoms with Crippen molar-refractivity contribution < 1.29 is 0 Å². The van der Waals surface area contributed by atoms with Crippen molar-refractivity contribution in [3.05, 3.63) is 168 Å². The van der Waals surface area contributed by atoms with Gasteiger partial charge in [-0.1, -0.05) is 425 Å². The van der Waals surface area contributed by atoms with E-state index in [1.165, 1.54) is 317 Å². The van der Waals surface area contributed by atoms with Crippen molar-refractivity contribution >= 4 is 0 Å². The second-order valence-electron chi connectivity index (χ2n) is 25.2. The summed E-state index contributed by atoms with van der Waals surface area (Å²) in [5.74, 6) is 5.05. The van der Waals surface area contributed by atoms with Gasteiger partial charge in [0.1, 0.15) is 0 Å². The topological polar surface area (TPSA) is 0 Å². The second-order valence-corrected chi connectivity index (χ2v) is 25.2. The molecule has 0 heteroatoms. The van der Waals surface area contributed by atoms with E-state index < -0.39 is 5.41 Å². The Balaban J connectivity index is 1.83. The lowest BCUT2D eigenvalue weighted by Crippen LogP contribution is -2.45. The summed E-state index contributed by atoms with van der Waals surface area (Å²) in [5, 5.41) is 0. The van der Waals surface area contributed by atoms with Gasteiger partial charge in [-0.05, 0) is 59.8 Å². The quantitative estimate of drug-likeness (QED) is 0.0387. The lowest BCUT2D eigenvalue weighted by molar-refractivity contribution is 0.333. The summed E-state index contributed by atoms with van der Waals surface area (Å²) in [4.78, 5) is 0. The molecule has 0 aliphatic heterocycles. The molecule has 0 amide bonds. The number of hydrogen-bond acceptors (Lipinski definition) is 0. The zero-order valence-corrected chi connectivity index (χ0v) is 53.9. The van der Waals surface area contributed by atoms with Gasteiger partial charge < -0.3 is 0 Å². The van der Waals surface area contributed by atoms with Crippen LogP contribution in [0.4, 0.5) is 0 Å². The monoisotopic (exact) mass is 1100 g/mol. The van der Waals surface area contributed by atoms with Crippen LogP contribution in [0.3, 0.4) is 0 Å². The predicted molar refractivity (Wildman–Crippen MR) is 361 cm³/mol. The standard InChI is InChI=1S/C81H127/c1-5-9-13-17-21-25-29-33-37-41-57-69-78(70-58-42-38-34-30-26-22-18-14-10-6-2)81(80(75-64-53-46-54-65-75)76-66-55-47-56-67-76,72-77(73-60-49-44-50-61-73)68-48-40-36-32-28-24-20-16-12-8-4)79(74-62-51-45-52-63-74)71-59-43-39-35-31-27-23-19-15-11-7-3/h44-47,49-56,60-67,77H,5-43,48,57-59,68-71H2,1-4H3. The summed E-state index contributed by atoms with van der Waals surface area (Å²) in [5.41, 5.74) is 5.11. The van der Waals surface area contributed by atoms with Gasteiger partial charge in [0.15, 0.2) is 0 Å². The van der Waals surface area contributed by atoms with Crippen molar-refractivity contribution in [1.29, 1.82) is 0 Å². The maximum Gasteiger partial charge on any atom is 0.0422 e. The molecule has 0 spiro atoms. The Kier molecular flexibility index (Phi) is 42.7. The smallest absolute Gasteiger partial charge is 0.0422 e. The Morgan fingerprint density at radius 3 is 0.864 bits per heavy atom. The van der Waals surface area contributed by atoms with Crippen LogP contribution in [0.1, 0.15) is 358 Å². The van der Waals surface area contributed by atoms with Crippen LogP contribution in [-0.2, 0) is 0 Å². The maximum atomic E-state index is 4.97. The van der Waals surface area contributed by atoms with Gasteiger partial charge in [0, 0.05) is 23.7 Å². The summed E-state index contributed by atoms with van der Waals surface area (Å²) in [6.45, 7) is 9.34. The summed E-state index contributed by atoms with van der Waals surface area (Å²) in [6, 6.07) is 47.4. The van der Waals surface area contributed by atoms with E-state index in [-0.39, 0.29) is 5.92 Å². The zero-order valence-electron chi connectivity index (χ0n) is 53.9. The Morgan fingerprint density at radius 2 is 0.543 bits per heavy atom. The molecule has 4 rings (SSSR count). The minimum atomic E-state index is -0.501.